The molecule has 0 aromatic heterocycles. The Morgan fingerprint density at radius 1 is 1.14 bits per heavy atom. The number of hydrogen-bond acceptors (Lipinski definition) is 6. The van der Waals surface area contributed by atoms with Gasteiger partial charge in [-0.1, -0.05) is 12.1 Å². The van der Waals surface area contributed by atoms with Crippen LogP contribution in [0, 0.1) is 5.92 Å². The quantitative estimate of drug-likeness (QED) is 0.554. The van der Waals surface area contributed by atoms with E-state index in [9.17, 15) is 36.2 Å². The SMILES string of the molecule is O=C1N=C(NC2CCOC2O)C(=CC2CCN(Cc3ccc(C(F)(F)F)cc3C(F)(F)F)CC2)S1. The number of aliphatic imine (C=N–C) groups is 1. The normalized spacial score (nSPS) is 26.0. The Bertz CT molecular complexity index is 1020. The Hall–Kier alpha value is -2.09. The minimum absolute atomic E-state index is 0.0473. The highest BCUT2D eigenvalue weighted by Crippen LogP contribution is 2.38. The molecule has 2 N–H and O–H groups in total. The zero-order valence-corrected chi connectivity index (χ0v) is 19.1. The number of amides is 1. The number of allylic oxidation sites excluding steroid dienone is 1. The zero-order valence-electron chi connectivity index (χ0n) is 18.3. The molecule has 2 saturated heterocycles. The maximum absolute atomic E-state index is 13.4. The van der Waals surface area contributed by atoms with E-state index in [0.717, 1.165) is 17.8 Å². The van der Waals surface area contributed by atoms with E-state index >= 15 is 0 Å². The number of hydrogen-bond donors (Lipinski definition) is 2. The maximum atomic E-state index is 13.4. The highest BCUT2D eigenvalue weighted by molar-refractivity contribution is 8.18. The number of aliphatic hydroxyl groups excluding tert-OH is 1. The lowest BCUT2D eigenvalue weighted by Gasteiger charge is -2.31. The Morgan fingerprint density at radius 2 is 1.86 bits per heavy atom. The van der Waals surface area contributed by atoms with Crippen LogP contribution in [-0.2, 0) is 23.6 Å². The van der Waals surface area contributed by atoms with Crippen LogP contribution in [0.3, 0.4) is 0 Å². The molecule has 3 aliphatic heterocycles. The Balaban J connectivity index is 1.39. The molecule has 2 fully saturated rings. The monoisotopic (exact) mass is 523 g/mol. The van der Waals surface area contributed by atoms with Gasteiger partial charge >= 0.3 is 17.6 Å². The largest absolute Gasteiger partial charge is 0.416 e. The molecule has 0 radical (unpaired) electrons. The van der Waals surface area contributed by atoms with Crippen molar-refractivity contribution in [3.63, 3.8) is 0 Å². The molecule has 3 heterocycles. The molecule has 0 aliphatic carbocycles. The molecule has 0 bridgehead atoms. The van der Waals surface area contributed by atoms with Crippen LogP contribution in [0.2, 0.25) is 0 Å². The van der Waals surface area contributed by atoms with Crippen molar-refractivity contribution in [3.8, 4) is 0 Å². The molecule has 35 heavy (non-hydrogen) atoms. The summed E-state index contributed by atoms with van der Waals surface area (Å²) >= 11 is 0.966. The van der Waals surface area contributed by atoms with Crippen LogP contribution in [0.15, 0.2) is 34.2 Å². The van der Waals surface area contributed by atoms with Crippen LogP contribution >= 0.6 is 11.8 Å². The third kappa shape index (κ3) is 6.38. The van der Waals surface area contributed by atoms with Gasteiger partial charge in [0.1, 0.15) is 5.84 Å². The highest BCUT2D eigenvalue weighted by atomic mass is 32.2. The van der Waals surface area contributed by atoms with Crippen molar-refractivity contribution in [2.75, 3.05) is 19.7 Å². The molecule has 4 rings (SSSR count). The molecule has 2 unspecified atom stereocenters. The summed E-state index contributed by atoms with van der Waals surface area (Å²) in [6, 6.07) is 1.37. The predicted octanol–water partition coefficient (Wildman–Crippen LogP) is 4.78. The average Bonchev–Trinajstić information content (AvgIpc) is 3.33. The number of amidine groups is 1. The number of thioether (sulfide) groups is 1. The fraction of sp³-hybridized carbons (Fsp3) is 0.545. The van der Waals surface area contributed by atoms with E-state index in [1.165, 1.54) is 0 Å². The van der Waals surface area contributed by atoms with E-state index in [1.807, 2.05) is 6.08 Å². The Morgan fingerprint density at radius 3 is 2.46 bits per heavy atom. The zero-order chi connectivity index (χ0) is 25.4. The van der Waals surface area contributed by atoms with Crippen molar-refractivity contribution in [2.45, 2.75) is 50.5 Å². The van der Waals surface area contributed by atoms with Gasteiger partial charge in [-0.2, -0.15) is 31.3 Å². The number of halogens is 6. The lowest BCUT2D eigenvalue weighted by Crippen LogP contribution is -2.40. The second-order valence-electron chi connectivity index (χ2n) is 8.64. The van der Waals surface area contributed by atoms with Crippen molar-refractivity contribution in [3.05, 3.63) is 45.9 Å². The third-order valence-corrected chi connectivity index (χ3v) is 6.99. The molecule has 0 spiro atoms. The fourth-order valence-corrected chi connectivity index (χ4v) is 5.10. The van der Waals surface area contributed by atoms with Crippen molar-refractivity contribution in [1.82, 2.24) is 10.2 Å². The summed E-state index contributed by atoms with van der Waals surface area (Å²) < 4.78 is 84.1. The fourth-order valence-electron chi connectivity index (χ4n) is 4.31. The number of ether oxygens (including phenoxy) is 1. The van der Waals surface area contributed by atoms with Crippen LogP contribution < -0.4 is 5.32 Å². The summed E-state index contributed by atoms with van der Waals surface area (Å²) in [5, 5.41) is 12.5. The average molecular weight is 523 g/mol. The van der Waals surface area contributed by atoms with E-state index in [2.05, 4.69) is 10.3 Å². The van der Waals surface area contributed by atoms with E-state index in [4.69, 9.17) is 4.74 Å². The van der Waals surface area contributed by atoms with Gasteiger partial charge in [0.05, 0.1) is 28.7 Å². The van der Waals surface area contributed by atoms with Gasteiger partial charge in [0.2, 0.25) is 0 Å². The number of nitrogens with one attached hydrogen (secondary N) is 1. The summed E-state index contributed by atoms with van der Waals surface area (Å²) in [6.07, 6.45) is -7.08. The van der Waals surface area contributed by atoms with E-state index in [1.54, 1.807) is 4.90 Å². The molecular weight excluding hydrogens is 500 g/mol. The van der Waals surface area contributed by atoms with Gasteiger partial charge in [-0.05, 0) is 67.7 Å². The molecular formula is C22H23F6N3O3S. The third-order valence-electron chi connectivity index (χ3n) is 6.17. The first kappa shape index (κ1) is 26.0. The summed E-state index contributed by atoms with van der Waals surface area (Å²) in [6.45, 7) is 1.16. The van der Waals surface area contributed by atoms with Crippen molar-refractivity contribution in [2.24, 2.45) is 10.9 Å². The number of carbonyl (C=O) groups excluding carboxylic acids is 1. The minimum atomic E-state index is -4.90. The number of carbonyl (C=O) groups is 1. The van der Waals surface area contributed by atoms with Crippen LogP contribution in [0.5, 0.6) is 0 Å². The van der Waals surface area contributed by atoms with Crippen molar-refractivity contribution in [1.29, 1.82) is 0 Å². The van der Waals surface area contributed by atoms with E-state index in [-0.39, 0.29) is 35.4 Å². The number of rotatable bonds is 4. The van der Waals surface area contributed by atoms with Gasteiger partial charge in [-0.15, -0.1) is 0 Å². The number of aliphatic hydroxyl groups is 1. The van der Waals surface area contributed by atoms with Crippen LogP contribution in [0.25, 0.3) is 0 Å². The summed E-state index contributed by atoms with van der Waals surface area (Å²) in [4.78, 5) is 18.2. The molecule has 1 amide bonds. The summed E-state index contributed by atoms with van der Waals surface area (Å²) in [5.41, 5.74) is -2.80. The lowest BCUT2D eigenvalue weighted by atomic mass is 9.95. The second kappa shape index (κ2) is 10.1. The van der Waals surface area contributed by atoms with Crippen molar-refractivity contribution < 1.29 is 41.0 Å². The minimum Gasteiger partial charge on any atom is -0.366 e. The molecule has 6 nitrogen and oxygen atoms in total. The van der Waals surface area contributed by atoms with Gasteiger partial charge < -0.3 is 15.2 Å². The summed E-state index contributed by atoms with van der Waals surface area (Å²) in [5.74, 6) is 0.419. The lowest BCUT2D eigenvalue weighted by molar-refractivity contribution is -0.143. The number of alkyl halides is 6. The molecule has 192 valence electrons. The summed E-state index contributed by atoms with van der Waals surface area (Å²) in [7, 11) is 0. The predicted molar refractivity (Wildman–Crippen MR) is 116 cm³/mol. The highest BCUT2D eigenvalue weighted by Gasteiger charge is 2.38. The maximum Gasteiger partial charge on any atom is 0.416 e. The van der Waals surface area contributed by atoms with Crippen LogP contribution in [-0.4, -0.2) is 53.1 Å². The van der Waals surface area contributed by atoms with E-state index < -0.39 is 29.8 Å². The number of piperidine rings is 1. The molecule has 0 saturated carbocycles. The smallest absolute Gasteiger partial charge is 0.366 e. The van der Waals surface area contributed by atoms with E-state index in [0.29, 0.717) is 55.8 Å². The molecule has 1 aromatic carbocycles. The Kier molecular flexibility index (Phi) is 7.51. The topological polar surface area (TPSA) is 74.2 Å². The second-order valence-corrected chi connectivity index (χ2v) is 9.63. The Labute approximate surface area is 201 Å². The first-order valence-electron chi connectivity index (χ1n) is 11.0. The standard InChI is InChI=1S/C22H23F6N3O3S/c23-21(24,25)14-2-1-13(15(10-14)22(26,27)28)11-31-6-3-12(4-7-31)9-17-18(30-20(33)35-17)29-16-5-8-34-19(16)32/h1-2,9-10,12,16,19,32H,3-8,11H2,(H,29,30,33). The molecule has 2 atom stereocenters. The first-order chi connectivity index (χ1) is 16.4. The van der Waals surface area contributed by atoms with Crippen molar-refractivity contribution >= 4 is 22.8 Å². The first-order valence-corrected chi connectivity index (χ1v) is 11.8. The molecule has 3 aliphatic rings. The van der Waals surface area contributed by atoms with Gasteiger partial charge in [0, 0.05) is 6.54 Å². The van der Waals surface area contributed by atoms with Crippen LogP contribution in [0.1, 0.15) is 36.0 Å². The molecule has 1 aromatic rings. The van der Waals surface area contributed by atoms with Gasteiger partial charge in [0.25, 0.3) is 0 Å². The number of benzene rings is 1. The number of nitrogens with zero attached hydrogens (tertiary/aromatic N) is 2. The van der Waals surface area contributed by atoms with Gasteiger partial charge in [-0.3, -0.25) is 9.69 Å². The van der Waals surface area contributed by atoms with Crippen LogP contribution in [0.4, 0.5) is 31.1 Å². The molecule has 13 heteroatoms. The number of likely N-dealkylation sites (tertiary alicyclic amines) is 1. The van der Waals surface area contributed by atoms with Gasteiger partial charge in [0.15, 0.2) is 6.29 Å². The van der Waals surface area contributed by atoms with Gasteiger partial charge in [-0.25, -0.2) is 0 Å².